The molecule has 1 aromatic rings. The first kappa shape index (κ1) is 16.9. The van der Waals surface area contributed by atoms with Gasteiger partial charge in [-0.1, -0.05) is 19.1 Å². The van der Waals surface area contributed by atoms with Crippen LogP contribution in [0.5, 0.6) is 0 Å². The van der Waals surface area contributed by atoms with Gasteiger partial charge in [0.25, 0.3) is 5.69 Å². The van der Waals surface area contributed by atoms with E-state index in [0.29, 0.717) is 12.2 Å². The number of amides is 1. The van der Waals surface area contributed by atoms with E-state index < -0.39 is 4.92 Å². The molecule has 116 valence electrons. The number of carbonyl (C=O) groups is 1. The molecule has 0 heterocycles. The van der Waals surface area contributed by atoms with Crippen molar-refractivity contribution in [2.75, 3.05) is 32.5 Å². The van der Waals surface area contributed by atoms with Crippen LogP contribution in [0.1, 0.15) is 18.9 Å². The van der Waals surface area contributed by atoms with Crippen molar-refractivity contribution in [3.05, 3.63) is 33.9 Å². The minimum atomic E-state index is -0.405. The van der Waals surface area contributed by atoms with Gasteiger partial charge in [-0.2, -0.15) is 0 Å². The summed E-state index contributed by atoms with van der Waals surface area (Å²) in [5.41, 5.74) is 1.36. The van der Waals surface area contributed by atoms with E-state index in [1.807, 2.05) is 17.9 Å². The highest BCUT2D eigenvalue weighted by Gasteiger charge is 2.18. The summed E-state index contributed by atoms with van der Waals surface area (Å²) in [5, 5.41) is 16.5. The normalized spacial score (nSPS) is 10.5. The number of nitrogens with zero attached hydrogens (tertiary/aromatic N) is 2. The lowest BCUT2D eigenvalue weighted by Gasteiger charge is -2.22. The Bertz CT molecular complexity index is 505. The van der Waals surface area contributed by atoms with Gasteiger partial charge in [0.1, 0.15) is 5.69 Å². The van der Waals surface area contributed by atoms with Crippen molar-refractivity contribution in [2.24, 2.45) is 0 Å². The number of benzene rings is 1. The van der Waals surface area contributed by atoms with Crippen LogP contribution in [0.25, 0.3) is 0 Å². The minimum Gasteiger partial charge on any atom is -0.382 e. The Balaban J connectivity index is 3.00. The Labute approximate surface area is 124 Å². The predicted octanol–water partition coefficient (Wildman–Crippen LogP) is 1.59. The van der Waals surface area contributed by atoms with Gasteiger partial charge in [-0.3, -0.25) is 19.8 Å². The molecule has 0 radical (unpaired) electrons. The summed E-state index contributed by atoms with van der Waals surface area (Å²) in [6, 6.07) is 4.97. The lowest BCUT2D eigenvalue weighted by molar-refractivity contribution is -0.384. The van der Waals surface area contributed by atoms with Crippen LogP contribution in [0.3, 0.4) is 0 Å². The Hall–Kier alpha value is -2.15. The third kappa shape index (κ3) is 4.71. The quantitative estimate of drug-likeness (QED) is 0.561. The van der Waals surface area contributed by atoms with Gasteiger partial charge in [0, 0.05) is 26.7 Å². The number of anilines is 1. The third-order valence-corrected chi connectivity index (χ3v) is 3.16. The zero-order valence-corrected chi connectivity index (χ0v) is 12.7. The van der Waals surface area contributed by atoms with E-state index in [2.05, 4.69) is 10.6 Å². The van der Waals surface area contributed by atoms with Crippen LogP contribution in [-0.4, -0.2) is 42.9 Å². The van der Waals surface area contributed by atoms with Gasteiger partial charge in [0.15, 0.2) is 0 Å². The highest BCUT2D eigenvalue weighted by atomic mass is 16.6. The molecule has 0 aliphatic heterocycles. The molecule has 0 bridgehead atoms. The number of nitrogens with one attached hydrogen (secondary N) is 2. The van der Waals surface area contributed by atoms with Crippen LogP contribution in [0, 0.1) is 10.1 Å². The molecular formula is C14H22N4O3. The number of likely N-dealkylation sites (N-methyl/N-ethyl adjacent to an activating group) is 1. The van der Waals surface area contributed by atoms with Crippen LogP contribution in [0.2, 0.25) is 0 Å². The van der Waals surface area contributed by atoms with Crippen LogP contribution in [0.15, 0.2) is 18.2 Å². The Kier molecular flexibility index (Phi) is 6.61. The van der Waals surface area contributed by atoms with Crippen molar-refractivity contribution in [3.63, 3.8) is 0 Å². The summed E-state index contributed by atoms with van der Waals surface area (Å²) in [6.07, 6.45) is 0.904. The second-order valence-electron chi connectivity index (χ2n) is 4.70. The number of carbonyl (C=O) groups excluding carboxylic acids is 1. The Morgan fingerprint density at radius 1 is 1.38 bits per heavy atom. The van der Waals surface area contributed by atoms with E-state index in [9.17, 15) is 14.9 Å². The molecule has 0 fully saturated rings. The minimum absolute atomic E-state index is 0.0476. The second-order valence-corrected chi connectivity index (χ2v) is 4.70. The van der Waals surface area contributed by atoms with Crippen molar-refractivity contribution in [2.45, 2.75) is 19.9 Å². The summed E-state index contributed by atoms with van der Waals surface area (Å²) in [6.45, 7) is 3.54. The highest BCUT2D eigenvalue weighted by molar-refractivity contribution is 5.77. The molecule has 0 spiro atoms. The van der Waals surface area contributed by atoms with E-state index >= 15 is 0 Å². The summed E-state index contributed by atoms with van der Waals surface area (Å²) < 4.78 is 0. The number of rotatable bonds is 8. The van der Waals surface area contributed by atoms with E-state index in [0.717, 1.165) is 18.5 Å². The molecule has 0 aliphatic rings. The van der Waals surface area contributed by atoms with E-state index in [1.54, 1.807) is 20.2 Å². The monoisotopic (exact) mass is 294 g/mol. The van der Waals surface area contributed by atoms with Gasteiger partial charge in [0.2, 0.25) is 5.91 Å². The SMILES string of the molecule is CCCN(CC(=O)NC)Cc1cccc([N+](=O)[O-])c1NC. The first-order valence-corrected chi connectivity index (χ1v) is 6.90. The second kappa shape index (κ2) is 8.21. The fourth-order valence-electron chi connectivity index (χ4n) is 2.21. The zero-order chi connectivity index (χ0) is 15.8. The first-order chi connectivity index (χ1) is 10.0. The summed E-state index contributed by atoms with van der Waals surface area (Å²) >= 11 is 0. The average Bonchev–Trinajstić information content (AvgIpc) is 2.46. The van der Waals surface area contributed by atoms with Gasteiger partial charge in [0.05, 0.1) is 11.5 Å². The number of hydrogen-bond acceptors (Lipinski definition) is 5. The fraction of sp³-hybridized carbons (Fsp3) is 0.500. The number of para-hydroxylation sites is 1. The van der Waals surface area contributed by atoms with Gasteiger partial charge in [-0.05, 0) is 18.5 Å². The first-order valence-electron chi connectivity index (χ1n) is 6.90. The van der Waals surface area contributed by atoms with Gasteiger partial charge < -0.3 is 10.6 Å². The lowest BCUT2D eigenvalue weighted by Crippen LogP contribution is -2.35. The Morgan fingerprint density at radius 3 is 2.62 bits per heavy atom. The largest absolute Gasteiger partial charge is 0.382 e. The smallest absolute Gasteiger partial charge is 0.292 e. The molecule has 0 aromatic heterocycles. The van der Waals surface area contributed by atoms with Crippen molar-refractivity contribution < 1.29 is 9.72 Å². The summed E-state index contributed by atoms with van der Waals surface area (Å²) in [4.78, 5) is 24.2. The van der Waals surface area contributed by atoms with Crippen LogP contribution >= 0.6 is 0 Å². The van der Waals surface area contributed by atoms with Gasteiger partial charge >= 0.3 is 0 Å². The summed E-state index contributed by atoms with van der Waals surface area (Å²) in [5.74, 6) is -0.0695. The molecule has 0 saturated carbocycles. The van der Waals surface area contributed by atoms with Crippen molar-refractivity contribution in [1.29, 1.82) is 0 Å². The molecule has 0 unspecified atom stereocenters. The standard InChI is InChI=1S/C14H22N4O3/c1-4-8-17(10-13(19)15-2)9-11-6-5-7-12(18(20)21)14(11)16-3/h5-7,16H,4,8-10H2,1-3H3,(H,15,19). The molecule has 2 N–H and O–H groups in total. The molecule has 1 rings (SSSR count). The van der Waals surface area contributed by atoms with Crippen LogP contribution in [-0.2, 0) is 11.3 Å². The number of nitro benzene ring substituents is 1. The fourth-order valence-corrected chi connectivity index (χ4v) is 2.21. The zero-order valence-electron chi connectivity index (χ0n) is 12.7. The molecule has 1 aromatic carbocycles. The maximum Gasteiger partial charge on any atom is 0.292 e. The van der Waals surface area contributed by atoms with Crippen LogP contribution < -0.4 is 10.6 Å². The van der Waals surface area contributed by atoms with Gasteiger partial charge in [-0.15, -0.1) is 0 Å². The molecule has 0 atom stereocenters. The topological polar surface area (TPSA) is 87.5 Å². The lowest BCUT2D eigenvalue weighted by atomic mass is 10.1. The van der Waals surface area contributed by atoms with Crippen molar-refractivity contribution in [3.8, 4) is 0 Å². The molecule has 0 saturated heterocycles. The van der Waals surface area contributed by atoms with Crippen molar-refractivity contribution >= 4 is 17.3 Å². The summed E-state index contributed by atoms with van der Waals surface area (Å²) in [7, 11) is 3.26. The third-order valence-electron chi connectivity index (χ3n) is 3.16. The highest BCUT2D eigenvalue weighted by Crippen LogP contribution is 2.28. The molecule has 7 heteroatoms. The van der Waals surface area contributed by atoms with E-state index in [4.69, 9.17) is 0 Å². The van der Waals surface area contributed by atoms with Crippen molar-refractivity contribution in [1.82, 2.24) is 10.2 Å². The average molecular weight is 294 g/mol. The molecule has 7 nitrogen and oxygen atoms in total. The number of nitro groups is 1. The molecule has 0 aliphatic carbocycles. The predicted molar refractivity (Wildman–Crippen MR) is 82.3 cm³/mol. The molecular weight excluding hydrogens is 272 g/mol. The maximum atomic E-state index is 11.5. The maximum absolute atomic E-state index is 11.5. The Morgan fingerprint density at radius 2 is 2.10 bits per heavy atom. The van der Waals surface area contributed by atoms with Crippen LogP contribution in [0.4, 0.5) is 11.4 Å². The molecule has 21 heavy (non-hydrogen) atoms. The number of hydrogen-bond donors (Lipinski definition) is 2. The van der Waals surface area contributed by atoms with Gasteiger partial charge in [-0.25, -0.2) is 0 Å². The molecule has 1 amide bonds. The van der Waals surface area contributed by atoms with E-state index in [1.165, 1.54) is 6.07 Å². The van der Waals surface area contributed by atoms with E-state index in [-0.39, 0.29) is 18.1 Å².